The van der Waals surface area contributed by atoms with Gasteiger partial charge >= 0.3 is 0 Å². The van der Waals surface area contributed by atoms with Crippen LogP contribution in [-0.2, 0) is 0 Å². The fraction of sp³-hybridized carbons (Fsp3) is 0.353. The van der Waals surface area contributed by atoms with Crippen LogP contribution < -0.4 is 5.32 Å². The maximum absolute atomic E-state index is 5.87. The Morgan fingerprint density at radius 2 is 2.05 bits per heavy atom. The largest absolute Gasteiger partial charge is 0.309 e. The number of pyridine rings is 1. The SMILES string of the molecule is CCNC(CSc1ccc(Cl)cn1)c1cc(C)ccc1C. The molecule has 0 aliphatic carbocycles. The van der Waals surface area contributed by atoms with Gasteiger partial charge in [-0.15, -0.1) is 11.8 Å². The van der Waals surface area contributed by atoms with Crippen molar-refractivity contribution in [3.8, 4) is 0 Å². The molecule has 1 atom stereocenters. The van der Waals surface area contributed by atoms with Crippen LogP contribution in [0.2, 0.25) is 5.02 Å². The highest BCUT2D eigenvalue weighted by Gasteiger charge is 2.13. The second-order valence-corrected chi connectivity index (χ2v) is 6.57. The molecule has 1 N–H and O–H groups in total. The average Bonchev–Trinajstić information content (AvgIpc) is 2.48. The maximum atomic E-state index is 5.87. The van der Waals surface area contributed by atoms with Crippen molar-refractivity contribution >= 4 is 23.4 Å². The average molecular weight is 321 g/mol. The van der Waals surface area contributed by atoms with Crippen molar-refractivity contribution in [3.63, 3.8) is 0 Å². The minimum absolute atomic E-state index is 0.331. The highest BCUT2D eigenvalue weighted by Crippen LogP contribution is 2.26. The number of thioether (sulfide) groups is 1. The molecule has 1 aromatic carbocycles. The fourth-order valence-electron chi connectivity index (χ4n) is 2.26. The third-order valence-electron chi connectivity index (χ3n) is 3.36. The summed E-state index contributed by atoms with van der Waals surface area (Å²) < 4.78 is 0. The molecule has 0 aliphatic heterocycles. The van der Waals surface area contributed by atoms with Crippen LogP contribution >= 0.6 is 23.4 Å². The Morgan fingerprint density at radius 1 is 1.24 bits per heavy atom. The van der Waals surface area contributed by atoms with E-state index in [9.17, 15) is 0 Å². The third kappa shape index (κ3) is 4.73. The molecule has 2 rings (SSSR count). The molecule has 2 aromatic rings. The van der Waals surface area contributed by atoms with Gasteiger partial charge in [0.05, 0.1) is 10.0 Å². The minimum Gasteiger partial charge on any atom is -0.309 e. The Balaban J connectivity index is 2.11. The number of rotatable bonds is 6. The summed E-state index contributed by atoms with van der Waals surface area (Å²) in [5.74, 6) is 0.951. The lowest BCUT2D eigenvalue weighted by Gasteiger charge is -2.20. The van der Waals surface area contributed by atoms with E-state index in [0.29, 0.717) is 11.1 Å². The smallest absolute Gasteiger partial charge is 0.0961 e. The summed E-state index contributed by atoms with van der Waals surface area (Å²) in [6.07, 6.45) is 1.70. The number of hydrogen-bond donors (Lipinski definition) is 1. The zero-order valence-corrected chi connectivity index (χ0v) is 14.3. The third-order valence-corrected chi connectivity index (χ3v) is 4.62. The van der Waals surface area contributed by atoms with Crippen LogP contribution in [-0.4, -0.2) is 17.3 Å². The molecule has 0 bridgehead atoms. The molecule has 0 aliphatic rings. The van der Waals surface area contributed by atoms with Crippen molar-refractivity contribution in [1.82, 2.24) is 10.3 Å². The van der Waals surface area contributed by atoms with E-state index in [1.54, 1.807) is 18.0 Å². The second-order valence-electron chi connectivity index (χ2n) is 5.10. The van der Waals surface area contributed by atoms with E-state index < -0.39 is 0 Å². The highest BCUT2D eigenvalue weighted by atomic mass is 35.5. The Kier molecular flexibility index (Phi) is 6.09. The first-order chi connectivity index (χ1) is 10.1. The minimum atomic E-state index is 0.331. The normalized spacial score (nSPS) is 12.4. The summed E-state index contributed by atoms with van der Waals surface area (Å²) in [4.78, 5) is 4.35. The second kappa shape index (κ2) is 7.83. The summed E-state index contributed by atoms with van der Waals surface area (Å²) in [7, 11) is 0. The molecule has 1 unspecified atom stereocenters. The van der Waals surface area contributed by atoms with E-state index in [2.05, 4.69) is 49.3 Å². The van der Waals surface area contributed by atoms with Gasteiger partial charge in [-0.25, -0.2) is 4.98 Å². The van der Waals surface area contributed by atoms with Crippen LogP contribution in [0.15, 0.2) is 41.6 Å². The molecular formula is C17H21ClN2S. The predicted molar refractivity (Wildman–Crippen MR) is 92.3 cm³/mol. The van der Waals surface area contributed by atoms with Crippen LogP contribution in [0.3, 0.4) is 0 Å². The molecule has 0 fully saturated rings. The number of benzene rings is 1. The first kappa shape index (κ1) is 16.3. The first-order valence-corrected chi connectivity index (χ1v) is 8.51. The molecule has 1 heterocycles. The fourth-order valence-corrected chi connectivity index (χ4v) is 3.29. The van der Waals surface area contributed by atoms with Crippen molar-refractivity contribution < 1.29 is 0 Å². The van der Waals surface area contributed by atoms with Crippen LogP contribution in [0.4, 0.5) is 0 Å². The van der Waals surface area contributed by atoms with Crippen LogP contribution in [0.1, 0.15) is 29.7 Å². The first-order valence-electron chi connectivity index (χ1n) is 7.15. The van der Waals surface area contributed by atoms with E-state index in [1.807, 2.05) is 12.1 Å². The number of halogens is 1. The zero-order valence-electron chi connectivity index (χ0n) is 12.7. The summed E-state index contributed by atoms with van der Waals surface area (Å²) in [5.41, 5.74) is 4.00. The van der Waals surface area contributed by atoms with Crippen molar-refractivity contribution in [2.24, 2.45) is 0 Å². The molecular weight excluding hydrogens is 300 g/mol. The molecule has 0 amide bonds. The molecule has 0 saturated carbocycles. The number of nitrogens with zero attached hydrogens (tertiary/aromatic N) is 1. The molecule has 1 aromatic heterocycles. The summed E-state index contributed by atoms with van der Waals surface area (Å²) >= 11 is 7.63. The van der Waals surface area contributed by atoms with Gasteiger partial charge in [0.15, 0.2) is 0 Å². The van der Waals surface area contributed by atoms with E-state index >= 15 is 0 Å². The molecule has 0 spiro atoms. The van der Waals surface area contributed by atoms with Crippen LogP contribution in [0, 0.1) is 13.8 Å². The molecule has 2 nitrogen and oxygen atoms in total. The van der Waals surface area contributed by atoms with Gasteiger partial charge in [0.2, 0.25) is 0 Å². The van der Waals surface area contributed by atoms with Gasteiger partial charge in [0.1, 0.15) is 0 Å². The van der Waals surface area contributed by atoms with Gasteiger partial charge in [-0.05, 0) is 43.7 Å². The summed E-state index contributed by atoms with van der Waals surface area (Å²) in [6, 6.07) is 10.8. The van der Waals surface area contributed by atoms with Crippen molar-refractivity contribution in [2.45, 2.75) is 31.8 Å². The summed E-state index contributed by atoms with van der Waals surface area (Å²) in [5, 5.41) is 5.26. The number of aromatic nitrogens is 1. The lowest BCUT2D eigenvalue weighted by atomic mass is 10.00. The molecule has 4 heteroatoms. The van der Waals surface area contributed by atoms with E-state index in [1.165, 1.54) is 16.7 Å². The lowest BCUT2D eigenvalue weighted by Crippen LogP contribution is -2.23. The molecule has 21 heavy (non-hydrogen) atoms. The standard InChI is InChI=1S/C17H21ClN2S/c1-4-19-16(15-9-12(2)5-6-13(15)3)11-21-17-8-7-14(18)10-20-17/h5-10,16,19H,4,11H2,1-3H3. The monoisotopic (exact) mass is 320 g/mol. The predicted octanol–water partition coefficient (Wildman–Crippen LogP) is 4.79. The maximum Gasteiger partial charge on any atom is 0.0961 e. The van der Waals surface area contributed by atoms with E-state index in [4.69, 9.17) is 11.6 Å². The van der Waals surface area contributed by atoms with Gasteiger partial charge < -0.3 is 5.32 Å². The van der Waals surface area contributed by atoms with Crippen molar-refractivity contribution in [3.05, 3.63) is 58.2 Å². The number of aryl methyl sites for hydroxylation is 2. The topological polar surface area (TPSA) is 24.9 Å². The highest BCUT2D eigenvalue weighted by molar-refractivity contribution is 7.99. The van der Waals surface area contributed by atoms with Gasteiger partial charge in [0, 0.05) is 18.0 Å². The number of nitrogens with one attached hydrogen (secondary N) is 1. The Morgan fingerprint density at radius 3 is 2.71 bits per heavy atom. The van der Waals surface area contributed by atoms with Crippen LogP contribution in [0.5, 0.6) is 0 Å². The van der Waals surface area contributed by atoms with Gasteiger partial charge in [-0.2, -0.15) is 0 Å². The van der Waals surface area contributed by atoms with Crippen LogP contribution in [0.25, 0.3) is 0 Å². The molecule has 112 valence electrons. The molecule has 0 saturated heterocycles. The van der Waals surface area contributed by atoms with Gasteiger partial charge in [-0.3, -0.25) is 0 Å². The number of hydrogen-bond acceptors (Lipinski definition) is 3. The van der Waals surface area contributed by atoms with Crippen molar-refractivity contribution in [1.29, 1.82) is 0 Å². The van der Waals surface area contributed by atoms with Crippen molar-refractivity contribution in [2.75, 3.05) is 12.3 Å². The Labute approximate surface area is 136 Å². The van der Waals surface area contributed by atoms with E-state index in [0.717, 1.165) is 17.3 Å². The van der Waals surface area contributed by atoms with Gasteiger partial charge in [-0.1, -0.05) is 42.3 Å². The molecule has 0 radical (unpaired) electrons. The quantitative estimate of drug-likeness (QED) is 0.774. The summed E-state index contributed by atoms with van der Waals surface area (Å²) in [6.45, 7) is 7.40. The lowest BCUT2D eigenvalue weighted by molar-refractivity contribution is 0.602. The Bertz CT molecular complexity index is 584. The zero-order chi connectivity index (χ0) is 15.2. The van der Waals surface area contributed by atoms with Gasteiger partial charge in [0.25, 0.3) is 0 Å². The Hall–Kier alpha value is -1.03. The van der Waals surface area contributed by atoms with E-state index in [-0.39, 0.29) is 0 Å².